The van der Waals surface area contributed by atoms with Gasteiger partial charge in [-0.05, 0) is 37.7 Å². The molecule has 0 spiro atoms. The van der Waals surface area contributed by atoms with Crippen LogP contribution < -0.4 is 15.9 Å². The topological polar surface area (TPSA) is 125 Å². The molecule has 0 aliphatic carbocycles. The summed E-state index contributed by atoms with van der Waals surface area (Å²) in [6.07, 6.45) is 0. The highest BCUT2D eigenvalue weighted by atomic mass is 32.2. The maximum absolute atomic E-state index is 11.9. The van der Waals surface area contributed by atoms with Gasteiger partial charge in [0.05, 0.1) is 5.25 Å². The number of rotatable bonds is 7. The molecule has 1 N–H and O–H groups in total. The maximum Gasteiger partial charge on any atom is 0.519 e. The van der Waals surface area contributed by atoms with Crippen molar-refractivity contribution in [3.8, 4) is 5.75 Å². The highest BCUT2D eigenvalue weighted by molar-refractivity contribution is 8.14. The zero-order valence-corrected chi connectivity index (χ0v) is 15.4. The van der Waals surface area contributed by atoms with E-state index < -0.39 is 28.3 Å². The first-order chi connectivity index (χ1) is 12.8. The number of nitrogens with one attached hydrogen (secondary N) is 1. The number of benzene rings is 1. The summed E-state index contributed by atoms with van der Waals surface area (Å²) in [5.74, 6) is -1.40. The first-order valence-electron chi connectivity index (χ1n) is 7.81. The van der Waals surface area contributed by atoms with Gasteiger partial charge in [-0.15, -0.1) is 0 Å². The predicted octanol–water partition coefficient (Wildman–Crippen LogP) is 2.02. The molecule has 0 radical (unpaired) electrons. The minimum absolute atomic E-state index is 0.0923. The average molecular weight is 395 g/mol. The largest absolute Gasteiger partial charge is 0.519 e. The molecule has 0 bridgehead atoms. The van der Waals surface area contributed by atoms with Crippen LogP contribution in [0.15, 0.2) is 44.0 Å². The van der Waals surface area contributed by atoms with Crippen molar-refractivity contribution in [3.63, 3.8) is 0 Å². The fourth-order valence-electron chi connectivity index (χ4n) is 1.82. The van der Waals surface area contributed by atoms with Crippen LogP contribution in [0.5, 0.6) is 5.75 Å². The predicted molar refractivity (Wildman–Crippen MR) is 94.3 cm³/mol. The van der Waals surface area contributed by atoms with Crippen LogP contribution in [0.4, 0.5) is 4.79 Å². The maximum atomic E-state index is 11.9. The van der Waals surface area contributed by atoms with Crippen molar-refractivity contribution in [3.05, 3.63) is 52.5 Å². The van der Waals surface area contributed by atoms with Crippen molar-refractivity contribution in [2.45, 2.75) is 25.7 Å². The monoisotopic (exact) mass is 395 g/mol. The van der Waals surface area contributed by atoms with Gasteiger partial charge >= 0.3 is 17.1 Å². The number of amides is 1. The summed E-state index contributed by atoms with van der Waals surface area (Å²) < 4.78 is 19.3. The van der Waals surface area contributed by atoms with E-state index in [0.29, 0.717) is 17.5 Å². The Balaban J connectivity index is 1.71. The third-order valence-electron chi connectivity index (χ3n) is 3.18. The number of thioether (sulfide) groups is 1. The Bertz CT molecular complexity index is 857. The van der Waals surface area contributed by atoms with E-state index in [1.165, 1.54) is 13.8 Å². The van der Waals surface area contributed by atoms with Crippen molar-refractivity contribution >= 4 is 28.9 Å². The summed E-state index contributed by atoms with van der Waals surface area (Å²) in [6.45, 7) is 2.34. The van der Waals surface area contributed by atoms with E-state index in [4.69, 9.17) is 13.9 Å². The number of para-hydroxylation sites is 1. The van der Waals surface area contributed by atoms with Crippen LogP contribution in [0, 0.1) is 6.92 Å². The molecule has 0 saturated heterocycles. The second-order valence-electron chi connectivity index (χ2n) is 5.24. The van der Waals surface area contributed by atoms with Crippen molar-refractivity contribution in [2.24, 2.45) is 0 Å². The van der Waals surface area contributed by atoms with Crippen molar-refractivity contribution in [1.82, 2.24) is 5.32 Å². The SMILES string of the molecule is Cc1oc(=O)oc1COC(=O)SC(C)C(=O)NCC(=O)Oc1ccccc1. The Hall–Kier alpha value is -3.01. The van der Waals surface area contributed by atoms with Crippen molar-refractivity contribution in [1.29, 1.82) is 0 Å². The van der Waals surface area contributed by atoms with Gasteiger partial charge < -0.3 is 23.6 Å². The molecule has 0 aliphatic heterocycles. The second kappa shape index (κ2) is 9.62. The summed E-state index contributed by atoms with van der Waals surface area (Å²) in [5, 5.41) is 0.828. The molecular formula is C17H17NO8S. The van der Waals surface area contributed by atoms with Gasteiger partial charge in [0.1, 0.15) is 12.3 Å². The van der Waals surface area contributed by atoms with Gasteiger partial charge in [-0.3, -0.25) is 4.79 Å². The molecule has 1 amide bonds. The van der Waals surface area contributed by atoms with E-state index in [9.17, 15) is 19.2 Å². The van der Waals surface area contributed by atoms with Gasteiger partial charge in [0.25, 0.3) is 0 Å². The van der Waals surface area contributed by atoms with E-state index in [2.05, 4.69) is 9.73 Å². The average Bonchev–Trinajstić information content (AvgIpc) is 2.96. The first-order valence-corrected chi connectivity index (χ1v) is 8.69. The normalized spacial score (nSPS) is 11.5. The standard InChI is InChI=1S/C17H17NO8S/c1-10-13(26-16(21)24-10)9-23-17(22)27-11(2)15(20)18-8-14(19)25-12-6-4-3-5-7-12/h3-7,11H,8-9H2,1-2H3,(H,18,20). The Kier molecular flexibility index (Phi) is 7.24. The number of hydrogen-bond donors (Lipinski definition) is 1. The summed E-state index contributed by atoms with van der Waals surface area (Å²) in [6, 6.07) is 8.41. The fraction of sp³-hybridized carbons (Fsp3) is 0.294. The van der Waals surface area contributed by atoms with Gasteiger partial charge in [0, 0.05) is 0 Å². The molecule has 0 aliphatic rings. The van der Waals surface area contributed by atoms with Gasteiger partial charge in [-0.25, -0.2) is 14.4 Å². The van der Waals surface area contributed by atoms with Gasteiger partial charge in [-0.2, -0.15) is 0 Å². The molecule has 2 rings (SSSR count). The van der Waals surface area contributed by atoms with Crippen LogP contribution in [0.25, 0.3) is 0 Å². The Morgan fingerprint density at radius 3 is 2.52 bits per heavy atom. The lowest BCUT2D eigenvalue weighted by atomic mass is 10.3. The highest BCUT2D eigenvalue weighted by Gasteiger charge is 2.21. The number of esters is 1. The van der Waals surface area contributed by atoms with Crippen LogP contribution in [0.2, 0.25) is 0 Å². The van der Waals surface area contributed by atoms with Crippen LogP contribution in [-0.4, -0.2) is 29.0 Å². The molecule has 144 valence electrons. The quantitative estimate of drug-likeness (QED) is 0.553. The molecular weight excluding hydrogens is 378 g/mol. The minimum Gasteiger partial charge on any atom is -0.449 e. The lowest BCUT2D eigenvalue weighted by Gasteiger charge is -2.11. The van der Waals surface area contributed by atoms with Gasteiger partial charge in [0.15, 0.2) is 18.1 Å². The fourth-order valence-corrected chi connectivity index (χ4v) is 2.43. The van der Waals surface area contributed by atoms with E-state index in [1.807, 2.05) is 0 Å². The van der Waals surface area contributed by atoms with E-state index in [1.54, 1.807) is 30.3 Å². The Morgan fingerprint density at radius 2 is 1.89 bits per heavy atom. The molecule has 1 aromatic heterocycles. The Morgan fingerprint density at radius 1 is 1.19 bits per heavy atom. The van der Waals surface area contributed by atoms with Crippen LogP contribution >= 0.6 is 11.8 Å². The second-order valence-corrected chi connectivity index (χ2v) is 6.51. The molecule has 2 aromatic rings. The molecule has 1 heterocycles. The molecule has 1 aromatic carbocycles. The first kappa shape index (κ1) is 20.3. The molecule has 27 heavy (non-hydrogen) atoms. The molecule has 1 unspecified atom stereocenters. The molecule has 0 saturated carbocycles. The molecule has 0 fully saturated rings. The summed E-state index contributed by atoms with van der Waals surface area (Å²) in [7, 11) is 0. The Labute approximate surface area is 158 Å². The van der Waals surface area contributed by atoms with Crippen LogP contribution in [0.3, 0.4) is 0 Å². The minimum atomic E-state index is -0.888. The van der Waals surface area contributed by atoms with E-state index in [0.717, 1.165) is 0 Å². The number of aryl methyl sites for hydroxylation is 1. The molecule has 1 atom stereocenters. The highest BCUT2D eigenvalue weighted by Crippen LogP contribution is 2.16. The molecule has 9 nitrogen and oxygen atoms in total. The third-order valence-corrected chi connectivity index (χ3v) is 4.06. The number of hydrogen-bond acceptors (Lipinski definition) is 9. The third kappa shape index (κ3) is 6.66. The van der Waals surface area contributed by atoms with Crippen LogP contribution in [0.1, 0.15) is 18.4 Å². The number of carbonyl (C=O) groups is 3. The summed E-state index contributed by atoms with van der Waals surface area (Å²) in [4.78, 5) is 46.3. The number of carbonyl (C=O) groups excluding carboxylic acids is 3. The lowest BCUT2D eigenvalue weighted by molar-refractivity contribution is -0.135. The summed E-state index contributed by atoms with van der Waals surface area (Å²) >= 11 is 0.620. The van der Waals surface area contributed by atoms with Crippen molar-refractivity contribution in [2.75, 3.05) is 6.54 Å². The summed E-state index contributed by atoms with van der Waals surface area (Å²) in [5.41, 5.74) is 0. The van der Waals surface area contributed by atoms with E-state index >= 15 is 0 Å². The molecule has 10 heteroatoms. The zero-order chi connectivity index (χ0) is 19.8. The lowest BCUT2D eigenvalue weighted by Crippen LogP contribution is -2.37. The van der Waals surface area contributed by atoms with Gasteiger partial charge in [-0.1, -0.05) is 18.2 Å². The number of ether oxygens (including phenoxy) is 2. The van der Waals surface area contributed by atoms with E-state index in [-0.39, 0.29) is 24.7 Å². The van der Waals surface area contributed by atoms with Gasteiger partial charge in [0.2, 0.25) is 5.91 Å². The van der Waals surface area contributed by atoms with Crippen molar-refractivity contribution < 1.29 is 32.7 Å². The van der Waals surface area contributed by atoms with Crippen LogP contribution in [-0.2, 0) is 20.9 Å². The smallest absolute Gasteiger partial charge is 0.449 e. The zero-order valence-electron chi connectivity index (χ0n) is 14.6.